The molecule has 1 amide bonds. The normalized spacial score (nSPS) is 14.3. The average Bonchev–Trinajstić information content (AvgIpc) is 3.37. The molecule has 0 unspecified atom stereocenters. The number of benzene rings is 1. The zero-order chi connectivity index (χ0) is 19.4. The molecule has 144 valence electrons. The molecule has 1 fully saturated rings. The third-order valence-electron chi connectivity index (χ3n) is 4.91. The number of hydrogen-bond donors (Lipinski definition) is 2. The first-order valence-corrected chi connectivity index (χ1v) is 9.22. The lowest BCUT2D eigenvalue weighted by Crippen LogP contribution is -2.37. The minimum Gasteiger partial charge on any atom is -0.496 e. The molecular formula is C20H22N6O2. The van der Waals surface area contributed by atoms with Crippen molar-refractivity contribution < 1.29 is 9.53 Å². The number of aromatic nitrogens is 4. The molecule has 0 atom stereocenters. The molecule has 1 aliphatic rings. The Bertz CT molecular complexity index is 936. The molecule has 4 rings (SSSR count). The molecule has 0 radical (unpaired) electrons. The number of nitrogens with one attached hydrogen (secondary N) is 2. The minimum absolute atomic E-state index is 0.0407. The first-order chi connectivity index (χ1) is 13.7. The SMILES string of the molecule is COc1ccccc1C1(C(=O)NCCNc2ccc(-n3cccn3)nn2)CC1. The van der Waals surface area contributed by atoms with Gasteiger partial charge >= 0.3 is 0 Å². The van der Waals surface area contributed by atoms with E-state index < -0.39 is 5.41 Å². The average molecular weight is 378 g/mol. The highest BCUT2D eigenvalue weighted by Crippen LogP contribution is 2.51. The molecule has 1 saturated carbocycles. The zero-order valence-corrected chi connectivity index (χ0v) is 15.6. The number of ether oxygens (including phenoxy) is 1. The fourth-order valence-electron chi connectivity index (χ4n) is 3.27. The Balaban J connectivity index is 1.29. The minimum atomic E-state index is -0.460. The van der Waals surface area contributed by atoms with Crippen molar-refractivity contribution in [1.82, 2.24) is 25.3 Å². The van der Waals surface area contributed by atoms with Gasteiger partial charge in [-0.3, -0.25) is 4.79 Å². The molecule has 0 bridgehead atoms. The van der Waals surface area contributed by atoms with Crippen LogP contribution in [0.5, 0.6) is 5.75 Å². The van der Waals surface area contributed by atoms with E-state index in [2.05, 4.69) is 25.9 Å². The highest BCUT2D eigenvalue weighted by molar-refractivity contribution is 5.92. The molecule has 0 aliphatic heterocycles. The number of carbonyl (C=O) groups excluding carboxylic acids is 1. The third-order valence-corrected chi connectivity index (χ3v) is 4.91. The van der Waals surface area contributed by atoms with Gasteiger partial charge in [-0.2, -0.15) is 5.10 Å². The Morgan fingerprint density at radius 1 is 1.14 bits per heavy atom. The van der Waals surface area contributed by atoms with Crippen LogP contribution in [0.4, 0.5) is 5.82 Å². The smallest absolute Gasteiger partial charge is 0.230 e. The van der Waals surface area contributed by atoms with Crippen molar-refractivity contribution in [2.75, 3.05) is 25.5 Å². The van der Waals surface area contributed by atoms with Gasteiger partial charge in [-0.05, 0) is 37.1 Å². The van der Waals surface area contributed by atoms with Crippen molar-refractivity contribution in [2.45, 2.75) is 18.3 Å². The van der Waals surface area contributed by atoms with E-state index in [9.17, 15) is 4.79 Å². The van der Waals surface area contributed by atoms with Gasteiger partial charge in [0, 0.05) is 31.0 Å². The summed E-state index contributed by atoms with van der Waals surface area (Å²) in [6, 6.07) is 13.2. The van der Waals surface area contributed by atoms with Gasteiger partial charge in [0.25, 0.3) is 0 Å². The van der Waals surface area contributed by atoms with Gasteiger partial charge in [0.1, 0.15) is 11.6 Å². The van der Waals surface area contributed by atoms with E-state index in [1.54, 1.807) is 18.0 Å². The Morgan fingerprint density at radius 3 is 2.68 bits per heavy atom. The van der Waals surface area contributed by atoms with Crippen LogP contribution in [0.25, 0.3) is 5.82 Å². The molecule has 0 saturated heterocycles. The van der Waals surface area contributed by atoms with Crippen LogP contribution in [0.2, 0.25) is 0 Å². The van der Waals surface area contributed by atoms with Crippen LogP contribution in [-0.4, -0.2) is 46.1 Å². The molecule has 1 aliphatic carbocycles. The van der Waals surface area contributed by atoms with Crippen LogP contribution in [-0.2, 0) is 10.2 Å². The zero-order valence-electron chi connectivity index (χ0n) is 15.6. The molecule has 8 nitrogen and oxygen atoms in total. The molecule has 2 N–H and O–H groups in total. The fraction of sp³-hybridized carbons (Fsp3) is 0.300. The second kappa shape index (κ2) is 7.67. The largest absolute Gasteiger partial charge is 0.496 e. The number of carbonyl (C=O) groups is 1. The van der Waals surface area contributed by atoms with Crippen molar-refractivity contribution >= 4 is 11.7 Å². The Hall–Kier alpha value is -3.42. The second-order valence-electron chi connectivity index (χ2n) is 6.69. The van der Waals surface area contributed by atoms with Crippen LogP contribution in [0.1, 0.15) is 18.4 Å². The van der Waals surface area contributed by atoms with E-state index >= 15 is 0 Å². The molecule has 8 heteroatoms. The van der Waals surface area contributed by atoms with Crippen molar-refractivity contribution in [3.63, 3.8) is 0 Å². The summed E-state index contributed by atoms with van der Waals surface area (Å²) >= 11 is 0. The van der Waals surface area contributed by atoms with Crippen LogP contribution in [0.15, 0.2) is 54.9 Å². The maximum Gasteiger partial charge on any atom is 0.230 e. The first kappa shape index (κ1) is 18.0. The standard InChI is InChI=1S/C20H22N6O2/c1-28-16-6-3-2-5-15(16)20(9-10-20)19(27)22-13-12-21-17-7-8-18(25-24-17)26-14-4-11-23-26/h2-8,11,14H,9-10,12-13H2,1H3,(H,21,24)(H,22,27). The third kappa shape index (κ3) is 3.53. The van der Waals surface area contributed by atoms with Gasteiger partial charge in [-0.1, -0.05) is 18.2 Å². The summed E-state index contributed by atoms with van der Waals surface area (Å²) in [5, 5.41) is 18.6. The lowest BCUT2D eigenvalue weighted by atomic mass is 9.94. The molecule has 28 heavy (non-hydrogen) atoms. The number of rotatable bonds is 8. The van der Waals surface area contributed by atoms with E-state index in [4.69, 9.17) is 4.74 Å². The summed E-state index contributed by atoms with van der Waals surface area (Å²) in [6.07, 6.45) is 5.18. The summed E-state index contributed by atoms with van der Waals surface area (Å²) in [4.78, 5) is 12.8. The topological polar surface area (TPSA) is 94.0 Å². The van der Waals surface area contributed by atoms with Crippen LogP contribution in [0, 0.1) is 0 Å². The Labute approximate surface area is 162 Å². The first-order valence-electron chi connectivity index (χ1n) is 9.22. The van der Waals surface area contributed by atoms with E-state index in [0.717, 1.165) is 24.2 Å². The maximum absolute atomic E-state index is 12.8. The summed E-state index contributed by atoms with van der Waals surface area (Å²) < 4.78 is 7.07. The van der Waals surface area contributed by atoms with Crippen LogP contribution >= 0.6 is 0 Å². The number of hydrogen-bond acceptors (Lipinski definition) is 6. The van der Waals surface area contributed by atoms with Gasteiger partial charge in [-0.15, -0.1) is 10.2 Å². The predicted octanol–water partition coefficient (Wildman–Crippen LogP) is 1.93. The number of para-hydroxylation sites is 1. The van der Waals surface area contributed by atoms with E-state index in [1.807, 2.05) is 48.7 Å². The molecule has 0 spiro atoms. The van der Waals surface area contributed by atoms with Crippen molar-refractivity contribution in [2.24, 2.45) is 0 Å². The Kier molecular flexibility index (Phi) is 4.92. The van der Waals surface area contributed by atoms with E-state index in [1.165, 1.54) is 0 Å². The van der Waals surface area contributed by atoms with Gasteiger partial charge in [-0.25, -0.2) is 4.68 Å². The van der Waals surface area contributed by atoms with Gasteiger partial charge in [0.15, 0.2) is 5.82 Å². The second-order valence-corrected chi connectivity index (χ2v) is 6.69. The highest BCUT2D eigenvalue weighted by Gasteiger charge is 2.52. The molecule has 2 aromatic heterocycles. The monoisotopic (exact) mass is 378 g/mol. The number of amides is 1. The predicted molar refractivity (Wildman–Crippen MR) is 105 cm³/mol. The Morgan fingerprint density at radius 2 is 2.00 bits per heavy atom. The van der Waals surface area contributed by atoms with Crippen molar-refractivity contribution in [1.29, 1.82) is 0 Å². The number of anilines is 1. The summed E-state index contributed by atoms with van der Waals surface area (Å²) in [6.45, 7) is 1.06. The summed E-state index contributed by atoms with van der Waals surface area (Å²) in [5.41, 5.74) is 0.501. The van der Waals surface area contributed by atoms with Crippen LogP contribution < -0.4 is 15.4 Å². The number of methoxy groups -OCH3 is 1. The maximum atomic E-state index is 12.8. The van der Waals surface area contributed by atoms with Gasteiger partial charge in [0.2, 0.25) is 5.91 Å². The quantitative estimate of drug-likeness (QED) is 0.582. The van der Waals surface area contributed by atoms with E-state index in [-0.39, 0.29) is 5.91 Å². The van der Waals surface area contributed by atoms with Crippen LogP contribution in [0.3, 0.4) is 0 Å². The molecule has 1 aromatic carbocycles. The van der Waals surface area contributed by atoms with Gasteiger partial charge < -0.3 is 15.4 Å². The van der Waals surface area contributed by atoms with Crippen molar-refractivity contribution in [3.8, 4) is 11.6 Å². The molecule has 3 aromatic rings. The molecule has 2 heterocycles. The lowest BCUT2D eigenvalue weighted by Gasteiger charge is -2.18. The summed E-state index contributed by atoms with van der Waals surface area (Å²) in [5.74, 6) is 2.10. The summed E-state index contributed by atoms with van der Waals surface area (Å²) in [7, 11) is 1.63. The van der Waals surface area contributed by atoms with Crippen molar-refractivity contribution in [3.05, 3.63) is 60.4 Å². The lowest BCUT2D eigenvalue weighted by molar-refractivity contribution is -0.123. The number of nitrogens with zero attached hydrogens (tertiary/aromatic N) is 4. The van der Waals surface area contributed by atoms with E-state index in [0.29, 0.717) is 24.7 Å². The molecular weight excluding hydrogens is 356 g/mol. The highest BCUT2D eigenvalue weighted by atomic mass is 16.5. The fourth-order valence-corrected chi connectivity index (χ4v) is 3.27. The van der Waals surface area contributed by atoms with Gasteiger partial charge in [0.05, 0.1) is 12.5 Å².